The lowest BCUT2D eigenvalue weighted by atomic mass is 9.95. The molecule has 4 heteroatoms. The van der Waals surface area contributed by atoms with Gasteiger partial charge in [0.1, 0.15) is 0 Å². The molecule has 2 N–H and O–H groups in total. The van der Waals surface area contributed by atoms with Crippen LogP contribution in [0.1, 0.15) is 33.6 Å². The Balaban J connectivity index is 2.55. The zero-order valence-corrected chi connectivity index (χ0v) is 8.99. The molecule has 4 unspecified atom stereocenters. The molecule has 0 saturated carbocycles. The molecule has 82 valence electrons. The topological polar surface area (TPSA) is 58.6 Å². The Morgan fingerprint density at radius 2 is 2.29 bits per heavy atom. The van der Waals surface area contributed by atoms with Crippen LogP contribution in [0, 0.1) is 0 Å². The molecule has 1 heterocycles. The SMILES string of the molecule is CCC1CC(O)C(NC(C)=O)C(C)O1. The second-order valence-electron chi connectivity index (χ2n) is 3.90. The van der Waals surface area contributed by atoms with Crippen LogP contribution in [0.2, 0.25) is 0 Å². The summed E-state index contributed by atoms with van der Waals surface area (Å²) in [6.07, 6.45) is 1.00. The molecule has 1 aliphatic rings. The summed E-state index contributed by atoms with van der Waals surface area (Å²) in [6, 6.07) is -0.268. The molecule has 0 bridgehead atoms. The quantitative estimate of drug-likeness (QED) is 0.681. The lowest BCUT2D eigenvalue weighted by molar-refractivity contribution is -0.133. The number of hydrogen-bond acceptors (Lipinski definition) is 3. The van der Waals surface area contributed by atoms with Crippen molar-refractivity contribution in [2.24, 2.45) is 0 Å². The van der Waals surface area contributed by atoms with E-state index in [0.29, 0.717) is 6.42 Å². The number of amides is 1. The maximum atomic E-state index is 10.9. The van der Waals surface area contributed by atoms with Crippen molar-refractivity contribution in [3.63, 3.8) is 0 Å². The van der Waals surface area contributed by atoms with E-state index < -0.39 is 6.10 Å². The van der Waals surface area contributed by atoms with Crippen LogP contribution in [0.15, 0.2) is 0 Å². The average Bonchev–Trinajstić information content (AvgIpc) is 2.10. The Bertz CT molecular complexity index is 196. The summed E-state index contributed by atoms with van der Waals surface area (Å²) in [6.45, 7) is 5.36. The molecule has 0 radical (unpaired) electrons. The van der Waals surface area contributed by atoms with Crippen LogP contribution in [0.25, 0.3) is 0 Å². The van der Waals surface area contributed by atoms with Gasteiger partial charge in [-0.25, -0.2) is 0 Å². The highest BCUT2D eigenvalue weighted by molar-refractivity contribution is 5.73. The van der Waals surface area contributed by atoms with E-state index >= 15 is 0 Å². The fourth-order valence-corrected chi connectivity index (χ4v) is 1.88. The van der Waals surface area contributed by atoms with Gasteiger partial charge in [0, 0.05) is 13.3 Å². The smallest absolute Gasteiger partial charge is 0.217 e. The van der Waals surface area contributed by atoms with Gasteiger partial charge >= 0.3 is 0 Å². The summed E-state index contributed by atoms with van der Waals surface area (Å²) < 4.78 is 5.64. The number of aliphatic hydroxyl groups excluding tert-OH is 1. The molecule has 4 nitrogen and oxygen atoms in total. The van der Waals surface area contributed by atoms with Gasteiger partial charge in [-0.3, -0.25) is 4.79 Å². The minimum atomic E-state index is -0.493. The molecule has 0 spiro atoms. The van der Waals surface area contributed by atoms with Gasteiger partial charge in [-0.2, -0.15) is 0 Å². The zero-order valence-electron chi connectivity index (χ0n) is 8.99. The Hall–Kier alpha value is -0.610. The van der Waals surface area contributed by atoms with Gasteiger partial charge in [-0.05, 0) is 13.3 Å². The van der Waals surface area contributed by atoms with Crippen LogP contribution >= 0.6 is 0 Å². The standard InChI is InChI=1S/C10H19NO3/c1-4-8-5-9(13)10(6(2)14-8)11-7(3)12/h6,8-10,13H,4-5H2,1-3H3,(H,11,12). The van der Waals surface area contributed by atoms with Crippen molar-refractivity contribution < 1.29 is 14.6 Å². The first-order chi connectivity index (χ1) is 6.54. The average molecular weight is 201 g/mol. The van der Waals surface area contributed by atoms with E-state index in [2.05, 4.69) is 5.32 Å². The summed E-state index contributed by atoms with van der Waals surface area (Å²) in [5.74, 6) is -0.126. The van der Waals surface area contributed by atoms with Gasteiger partial charge in [0.15, 0.2) is 0 Å². The molecule has 0 aromatic heterocycles. The monoisotopic (exact) mass is 201 g/mol. The Kier molecular flexibility index (Phi) is 3.89. The van der Waals surface area contributed by atoms with Crippen molar-refractivity contribution in [2.75, 3.05) is 0 Å². The van der Waals surface area contributed by atoms with E-state index in [-0.39, 0.29) is 24.2 Å². The molecule has 14 heavy (non-hydrogen) atoms. The first-order valence-corrected chi connectivity index (χ1v) is 5.15. The number of ether oxygens (including phenoxy) is 1. The van der Waals surface area contributed by atoms with Crippen molar-refractivity contribution in [1.29, 1.82) is 0 Å². The lowest BCUT2D eigenvalue weighted by Gasteiger charge is -2.38. The van der Waals surface area contributed by atoms with Gasteiger partial charge < -0.3 is 15.2 Å². The Morgan fingerprint density at radius 3 is 2.71 bits per heavy atom. The molecule has 1 rings (SSSR count). The minimum absolute atomic E-state index is 0.116. The molecule has 1 fully saturated rings. The van der Waals surface area contributed by atoms with Crippen LogP contribution in [-0.2, 0) is 9.53 Å². The molecule has 0 aromatic carbocycles. The second kappa shape index (κ2) is 4.75. The first kappa shape index (κ1) is 11.5. The molecule has 0 aromatic rings. The fourth-order valence-electron chi connectivity index (χ4n) is 1.88. The van der Waals surface area contributed by atoms with Crippen molar-refractivity contribution in [3.05, 3.63) is 0 Å². The highest BCUT2D eigenvalue weighted by Gasteiger charge is 2.34. The van der Waals surface area contributed by atoms with Crippen molar-refractivity contribution in [1.82, 2.24) is 5.32 Å². The minimum Gasteiger partial charge on any atom is -0.391 e. The number of carbonyl (C=O) groups is 1. The fraction of sp³-hybridized carbons (Fsp3) is 0.900. The summed E-state index contributed by atoms with van der Waals surface area (Å²) in [7, 11) is 0. The van der Waals surface area contributed by atoms with E-state index in [9.17, 15) is 9.90 Å². The maximum absolute atomic E-state index is 10.9. The molecule has 1 saturated heterocycles. The van der Waals surface area contributed by atoms with E-state index in [0.717, 1.165) is 6.42 Å². The number of carbonyl (C=O) groups excluding carboxylic acids is 1. The van der Waals surface area contributed by atoms with E-state index in [1.54, 1.807) is 0 Å². The van der Waals surface area contributed by atoms with Crippen LogP contribution < -0.4 is 5.32 Å². The largest absolute Gasteiger partial charge is 0.391 e. The van der Waals surface area contributed by atoms with E-state index in [1.807, 2.05) is 13.8 Å². The zero-order chi connectivity index (χ0) is 10.7. The van der Waals surface area contributed by atoms with Gasteiger partial charge in [0.05, 0.1) is 24.4 Å². The summed E-state index contributed by atoms with van der Waals surface area (Å²) in [5.41, 5.74) is 0. The molecular weight excluding hydrogens is 182 g/mol. The first-order valence-electron chi connectivity index (χ1n) is 5.15. The Labute approximate surface area is 84.6 Å². The van der Waals surface area contributed by atoms with E-state index in [4.69, 9.17) is 4.74 Å². The third-order valence-electron chi connectivity index (χ3n) is 2.66. The second-order valence-corrected chi connectivity index (χ2v) is 3.90. The van der Waals surface area contributed by atoms with Crippen LogP contribution in [-0.4, -0.2) is 35.4 Å². The highest BCUT2D eigenvalue weighted by Crippen LogP contribution is 2.21. The molecule has 1 amide bonds. The van der Waals surface area contributed by atoms with Crippen LogP contribution in [0.4, 0.5) is 0 Å². The number of hydrogen-bond donors (Lipinski definition) is 2. The van der Waals surface area contributed by atoms with Gasteiger partial charge in [0.25, 0.3) is 0 Å². The predicted octanol–water partition coefficient (Wildman–Crippen LogP) is 0.439. The number of aliphatic hydroxyl groups is 1. The van der Waals surface area contributed by atoms with Gasteiger partial charge in [-0.15, -0.1) is 0 Å². The van der Waals surface area contributed by atoms with Crippen molar-refractivity contribution in [2.45, 2.75) is 58.0 Å². The predicted molar refractivity (Wildman–Crippen MR) is 52.9 cm³/mol. The van der Waals surface area contributed by atoms with Crippen molar-refractivity contribution >= 4 is 5.91 Å². The third kappa shape index (κ3) is 2.69. The highest BCUT2D eigenvalue weighted by atomic mass is 16.5. The molecular formula is C10H19NO3. The van der Waals surface area contributed by atoms with Gasteiger partial charge in [-0.1, -0.05) is 6.92 Å². The normalized spacial score (nSPS) is 38.0. The maximum Gasteiger partial charge on any atom is 0.217 e. The van der Waals surface area contributed by atoms with Crippen molar-refractivity contribution in [3.8, 4) is 0 Å². The lowest BCUT2D eigenvalue weighted by Crippen LogP contribution is -2.55. The molecule has 1 aliphatic heterocycles. The molecule has 0 aliphatic carbocycles. The Morgan fingerprint density at radius 1 is 1.64 bits per heavy atom. The van der Waals surface area contributed by atoms with Gasteiger partial charge in [0.2, 0.25) is 5.91 Å². The molecule has 4 atom stereocenters. The summed E-state index contributed by atoms with van der Waals surface area (Å²) >= 11 is 0. The summed E-state index contributed by atoms with van der Waals surface area (Å²) in [4.78, 5) is 10.9. The van der Waals surface area contributed by atoms with E-state index in [1.165, 1.54) is 6.92 Å². The third-order valence-corrected chi connectivity index (χ3v) is 2.66. The summed E-state index contributed by atoms with van der Waals surface area (Å²) in [5, 5.41) is 12.5. The number of nitrogens with one attached hydrogen (secondary N) is 1. The van der Waals surface area contributed by atoms with Crippen LogP contribution in [0.3, 0.4) is 0 Å². The van der Waals surface area contributed by atoms with Crippen LogP contribution in [0.5, 0.6) is 0 Å². The number of rotatable bonds is 2.